The molecule has 2 aliphatic rings. The summed E-state index contributed by atoms with van der Waals surface area (Å²) in [7, 11) is 0. The average molecular weight is 851 g/mol. The second-order valence-electron chi connectivity index (χ2n) is 17.7. The molecule has 2 fully saturated rings. The maximum Gasteiger partial charge on any atom is 0.317 e. The Morgan fingerprint density at radius 3 is 1.31 bits per heavy atom. The van der Waals surface area contributed by atoms with Gasteiger partial charge in [0.05, 0.1) is 6.42 Å². The molecule has 0 unspecified atom stereocenters. The van der Waals surface area contributed by atoms with Crippen LogP contribution in [0.1, 0.15) is 164 Å². The maximum absolute atomic E-state index is 11.5. The summed E-state index contributed by atoms with van der Waals surface area (Å²) in [6, 6.07) is 19.2. The van der Waals surface area contributed by atoms with E-state index in [1.54, 1.807) is 34.6 Å². The summed E-state index contributed by atoms with van der Waals surface area (Å²) in [5.74, 6) is 0.214. The number of carbonyl (C=O) groups is 8. The fourth-order valence-electron chi connectivity index (χ4n) is 5.56. The number of rotatable bonds is 15. The molecule has 2 aromatic rings. The van der Waals surface area contributed by atoms with Gasteiger partial charge in [0.15, 0.2) is 11.6 Å². The van der Waals surface area contributed by atoms with Gasteiger partial charge in [-0.15, -0.1) is 0 Å². The number of benzene rings is 2. The minimum Gasteiger partial charge on any atom is -0.481 e. The van der Waals surface area contributed by atoms with Crippen LogP contribution in [0.4, 0.5) is 0 Å². The number of hydrogen-bond donors (Lipinski definition) is 2. The zero-order valence-corrected chi connectivity index (χ0v) is 39.5. The first kappa shape index (κ1) is 58.5. The first-order valence-electron chi connectivity index (χ1n) is 22.0. The molecule has 2 N–H and O–H groups in total. The summed E-state index contributed by atoms with van der Waals surface area (Å²) < 4.78 is 0. The van der Waals surface area contributed by atoms with Crippen molar-refractivity contribution < 1.29 is 48.6 Å². The van der Waals surface area contributed by atoms with Gasteiger partial charge in [0, 0.05) is 59.8 Å². The predicted molar refractivity (Wildman–Crippen MR) is 243 cm³/mol. The molecule has 4 rings (SSSR count). The van der Waals surface area contributed by atoms with Crippen molar-refractivity contribution in [3.63, 3.8) is 0 Å². The Balaban J connectivity index is 0. The highest BCUT2D eigenvalue weighted by molar-refractivity contribution is 6.06. The first-order valence-corrected chi connectivity index (χ1v) is 22.0. The van der Waals surface area contributed by atoms with Crippen LogP contribution in [0.25, 0.3) is 0 Å². The van der Waals surface area contributed by atoms with Gasteiger partial charge in [-0.3, -0.25) is 38.4 Å². The number of carboxylic acid groups (broad SMARTS) is 2. The highest BCUT2D eigenvalue weighted by atomic mass is 16.4. The van der Waals surface area contributed by atoms with Crippen LogP contribution >= 0.6 is 0 Å². The van der Waals surface area contributed by atoms with Gasteiger partial charge >= 0.3 is 11.9 Å². The van der Waals surface area contributed by atoms with Gasteiger partial charge in [0.1, 0.15) is 28.5 Å². The Labute approximate surface area is 367 Å². The summed E-state index contributed by atoms with van der Waals surface area (Å²) in [4.78, 5) is 87.0. The van der Waals surface area contributed by atoms with E-state index >= 15 is 0 Å². The van der Waals surface area contributed by atoms with E-state index in [0.29, 0.717) is 36.7 Å². The normalized spacial score (nSPS) is 13.7. The Hall–Kier alpha value is -4.60. The topological polar surface area (TPSA) is 177 Å². The van der Waals surface area contributed by atoms with E-state index in [4.69, 9.17) is 10.2 Å². The zero-order valence-electron chi connectivity index (χ0n) is 39.5. The molecule has 10 heteroatoms. The smallest absolute Gasteiger partial charge is 0.317 e. The molecule has 2 aliphatic carbocycles. The number of hydrogen-bond acceptors (Lipinski definition) is 8. The molecule has 0 aliphatic heterocycles. The van der Waals surface area contributed by atoms with E-state index in [9.17, 15) is 38.4 Å². The fraction of sp³-hybridized carbons (Fsp3) is 0.608. The summed E-state index contributed by atoms with van der Waals surface area (Å²) in [5.41, 5.74) is 0.924. The van der Waals surface area contributed by atoms with Crippen LogP contribution in [0.15, 0.2) is 60.7 Å². The monoisotopic (exact) mass is 851 g/mol. The van der Waals surface area contributed by atoms with Crippen molar-refractivity contribution in [3.05, 3.63) is 71.8 Å². The molecule has 0 atom stereocenters. The molecule has 0 spiro atoms. The molecule has 10 nitrogen and oxygen atoms in total. The van der Waals surface area contributed by atoms with E-state index in [0.717, 1.165) is 24.0 Å². The van der Waals surface area contributed by atoms with E-state index in [-0.39, 0.29) is 71.5 Å². The van der Waals surface area contributed by atoms with Crippen molar-refractivity contribution in [2.24, 2.45) is 46.8 Å². The van der Waals surface area contributed by atoms with E-state index in [1.807, 2.05) is 116 Å². The number of carbonyl (C=O) groups excluding carboxylic acids is 6. The molecule has 0 amide bonds. The molecular formula is C51H78O10. The van der Waals surface area contributed by atoms with Crippen LogP contribution in [0, 0.1) is 46.8 Å². The highest BCUT2D eigenvalue weighted by Gasteiger charge is 2.56. The largest absolute Gasteiger partial charge is 0.481 e. The number of ketones is 6. The van der Waals surface area contributed by atoms with Gasteiger partial charge < -0.3 is 10.2 Å². The second-order valence-corrected chi connectivity index (χ2v) is 17.7. The predicted octanol–water partition coefficient (Wildman–Crippen LogP) is 11.2. The lowest BCUT2D eigenvalue weighted by molar-refractivity contribution is -0.149. The van der Waals surface area contributed by atoms with Crippen LogP contribution in [0.5, 0.6) is 0 Å². The lowest BCUT2D eigenvalue weighted by Gasteiger charge is -2.21. The fourth-order valence-corrected chi connectivity index (χ4v) is 5.56. The molecule has 342 valence electrons. The molecule has 0 radical (unpaired) electrons. The van der Waals surface area contributed by atoms with Crippen molar-refractivity contribution in [1.82, 2.24) is 0 Å². The molecule has 2 saturated carbocycles. The minimum absolute atomic E-state index is 0.0161. The Bertz CT molecular complexity index is 1630. The standard InChI is InChI=1S/C11H14O.C10H18O.C10H12O.C8H12O3.C7H12O3.C5H10O/c1-9(2)11(12)8-10-6-4-3-5-7-10;2*1-8(2)10(11)9-6-4-3-5-7-9;1-5(2)6(9)8(3-4-8)7(10)11;1-5(2)6(8)3-4-7(9)10;1-4(2)5(3)6/h3-7,9H,8H2,1-2H3;8-9H,3-7H2,1-2H3;3-8H,1-2H3;5H,3-4H2,1-2H3,(H,10,11);5H,3-4H2,1-2H3,(H,9,10);4H,1-3H3. The third kappa shape index (κ3) is 26.4. The van der Waals surface area contributed by atoms with Gasteiger partial charge in [0.2, 0.25) is 0 Å². The van der Waals surface area contributed by atoms with E-state index < -0.39 is 17.4 Å². The van der Waals surface area contributed by atoms with Gasteiger partial charge in [-0.1, -0.05) is 163 Å². The number of aliphatic carboxylic acids is 2. The SMILES string of the molecule is CC(=O)C(C)C.CC(C)C(=O)C1(C(=O)O)CC1.CC(C)C(=O)C1CCCCC1.CC(C)C(=O)CCC(=O)O.CC(C)C(=O)Cc1ccccc1.CC(C)C(=O)c1ccccc1. The summed E-state index contributed by atoms with van der Waals surface area (Å²) >= 11 is 0. The van der Waals surface area contributed by atoms with Crippen LogP contribution in [-0.4, -0.2) is 56.9 Å². The second kappa shape index (κ2) is 31.3. The first-order chi connectivity index (χ1) is 28.3. The van der Waals surface area contributed by atoms with Gasteiger partial charge in [-0.2, -0.15) is 0 Å². The molecule has 61 heavy (non-hydrogen) atoms. The lowest BCUT2D eigenvalue weighted by atomic mass is 9.83. The van der Waals surface area contributed by atoms with Crippen molar-refractivity contribution in [3.8, 4) is 0 Å². The van der Waals surface area contributed by atoms with Crippen LogP contribution in [-0.2, 0) is 40.0 Å². The Kier molecular flexibility index (Phi) is 30.0. The van der Waals surface area contributed by atoms with Crippen molar-refractivity contribution >= 4 is 46.6 Å². The lowest BCUT2D eigenvalue weighted by Crippen LogP contribution is -2.28. The summed E-state index contributed by atoms with van der Waals surface area (Å²) in [6.07, 6.45) is 7.91. The van der Waals surface area contributed by atoms with Crippen LogP contribution in [0.3, 0.4) is 0 Å². The van der Waals surface area contributed by atoms with Crippen molar-refractivity contribution in [1.29, 1.82) is 0 Å². The van der Waals surface area contributed by atoms with Gasteiger partial charge in [-0.25, -0.2) is 0 Å². The number of Topliss-reactive ketones (excluding diaryl/α,β-unsaturated/α-hetero) is 6. The molecule has 0 bridgehead atoms. The summed E-state index contributed by atoms with van der Waals surface area (Å²) in [5, 5.41) is 16.9. The quantitative estimate of drug-likeness (QED) is 0.129. The molecule has 0 aromatic heterocycles. The number of carboxylic acids is 2. The zero-order chi connectivity index (χ0) is 47.5. The third-order valence-corrected chi connectivity index (χ3v) is 10.2. The molecular weight excluding hydrogens is 773 g/mol. The maximum atomic E-state index is 11.5. The van der Waals surface area contributed by atoms with Gasteiger partial charge in [0.25, 0.3) is 0 Å². The molecule has 0 saturated heterocycles. The van der Waals surface area contributed by atoms with Gasteiger partial charge in [-0.05, 0) is 38.2 Å². The highest BCUT2D eigenvalue weighted by Crippen LogP contribution is 2.48. The van der Waals surface area contributed by atoms with Crippen LogP contribution in [0.2, 0.25) is 0 Å². The third-order valence-electron chi connectivity index (χ3n) is 10.2. The summed E-state index contributed by atoms with van der Waals surface area (Å²) in [6.45, 7) is 24.1. The Morgan fingerprint density at radius 2 is 1.00 bits per heavy atom. The van der Waals surface area contributed by atoms with Crippen molar-refractivity contribution in [2.45, 2.75) is 154 Å². The van der Waals surface area contributed by atoms with E-state index in [2.05, 4.69) is 0 Å². The Morgan fingerprint density at radius 1 is 0.557 bits per heavy atom. The van der Waals surface area contributed by atoms with E-state index in [1.165, 1.54) is 19.3 Å². The molecule has 0 heterocycles. The van der Waals surface area contributed by atoms with Crippen LogP contribution < -0.4 is 0 Å². The minimum atomic E-state index is -0.992. The van der Waals surface area contributed by atoms with Crippen molar-refractivity contribution in [2.75, 3.05) is 0 Å². The molecule has 2 aromatic carbocycles. The average Bonchev–Trinajstić information content (AvgIpc) is 4.04.